The van der Waals surface area contributed by atoms with Gasteiger partial charge in [0, 0.05) is 44.1 Å². The highest BCUT2D eigenvalue weighted by molar-refractivity contribution is 5.99. The summed E-state index contributed by atoms with van der Waals surface area (Å²) in [6.45, 7) is 4.22. The molecule has 1 aliphatic rings. The lowest BCUT2D eigenvalue weighted by Crippen LogP contribution is -2.41. The van der Waals surface area contributed by atoms with Gasteiger partial charge in [-0.05, 0) is 59.0 Å². The lowest BCUT2D eigenvalue weighted by Gasteiger charge is -2.34. The van der Waals surface area contributed by atoms with E-state index in [1.54, 1.807) is 30.7 Å². The number of nitrogens with one attached hydrogen (secondary N) is 1. The Kier molecular flexibility index (Phi) is 9.50. The minimum atomic E-state index is -0.116. The minimum Gasteiger partial charge on any atom is -0.504 e. The van der Waals surface area contributed by atoms with E-state index in [2.05, 4.69) is 63.7 Å². The van der Waals surface area contributed by atoms with Crippen molar-refractivity contribution in [3.8, 4) is 11.5 Å². The molecule has 0 atom stereocenters. The molecular formula is C36H38N4O4. The van der Waals surface area contributed by atoms with Crippen molar-refractivity contribution in [2.75, 3.05) is 32.8 Å². The number of phenols is 1. The van der Waals surface area contributed by atoms with Crippen LogP contribution in [-0.2, 0) is 11.3 Å². The number of phenolic OH excluding ortho intramolecular Hbond substituents is 1. The predicted octanol–water partition coefficient (Wildman–Crippen LogP) is 5.82. The summed E-state index contributed by atoms with van der Waals surface area (Å²) in [4.78, 5) is 19.4. The molecule has 1 aromatic heterocycles. The molecule has 1 fully saturated rings. The van der Waals surface area contributed by atoms with Crippen molar-refractivity contribution < 1.29 is 19.4 Å². The first-order valence-electron chi connectivity index (χ1n) is 15.2. The van der Waals surface area contributed by atoms with Gasteiger partial charge in [-0.25, -0.2) is 4.98 Å². The fraction of sp³-hybridized carbons (Fsp3) is 0.278. The summed E-state index contributed by atoms with van der Waals surface area (Å²) < 4.78 is 14.4. The topological polar surface area (TPSA) is 88.9 Å². The second-order valence-electron chi connectivity index (χ2n) is 11.2. The zero-order valence-electron chi connectivity index (χ0n) is 24.7. The molecule has 8 heteroatoms. The summed E-state index contributed by atoms with van der Waals surface area (Å²) in [7, 11) is 0. The van der Waals surface area contributed by atoms with Crippen LogP contribution in [0.5, 0.6) is 11.5 Å². The maximum absolute atomic E-state index is 13.0. The Hall–Kier alpha value is -4.66. The molecule has 1 amide bonds. The van der Waals surface area contributed by atoms with Gasteiger partial charge in [-0.1, -0.05) is 66.7 Å². The predicted molar refractivity (Wildman–Crippen MR) is 171 cm³/mol. The molecule has 5 aromatic rings. The number of carbonyl (C=O) groups excluding carboxylic acids is 1. The maximum Gasteiger partial charge on any atom is 0.251 e. The summed E-state index contributed by atoms with van der Waals surface area (Å²) in [6.07, 6.45) is 7.31. The number of aromatic nitrogens is 2. The summed E-state index contributed by atoms with van der Waals surface area (Å²) in [6, 6.07) is 29.8. The highest BCUT2D eigenvalue weighted by atomic mass is 16.5. The molecule has 0 radical (unpaired) electrons. The van der Waals surface area contributed by atoms with Gasteiger partial charge in [0.2, 0.25) is 0 Å². The number of hydrogen-bond acceptors (Lipinski definition) is 6. The molecule has 0 bridgehead atoms. The van der Waals surface area contributed by atoms with Crippen molar-refractivity contribution in [3.63, 3.8) is 0 Å². The van der Waals surface area contributed by atoms with E-state index in [1.165, 1.54) is 11.1 Å². The van der Waals surface area contributed by atoms with E-state index in [-0.39, 0.29) is 23.9 Å². The highest BCUT2D eigenvalue weighted by Crippen LogP contribution is 2.32. The number of likely N-dealkylation sites (tertiary alicyclic amines) is 1. The molecule has 0 spiro atoms. The van der Waals surface area contributed by atoms with Crippen LogP contribution in [0.2, 0.25) is 0 Å². The van der Waals surface area contributed by atoms with Crippen molar-refractivity contribution in [1.29, 1.82) is 0 Å². The van der Waals surface area contributed by atoms with Gasteiger partial charge in [-0.15, -0.1) is 0 Å². The molecule has 2 N–H and O–H groups in total. The second-order valence-corrected chi connectivity index (χ2v) is 11.2. The van der Waals surface area contributed by atoms with Crippen LogP contribution in [-0.4, -0.2) is 64.4 Å². The number of fused-ring (bicyclic) bond motifs is 1. The van der Waals surface area contributed by atoms with E-state index < -0.39 is 0 Å². The monoisotopic (exact) mass is 590 g/mol. The van der Waals surface area contributed by atoms with Gasteiger partial charge in [0.1, 0.15) is 12.7 Å². The lowest BCUT2D eigenvalue weighted by atomic mass is 10.00. The Morgan fingerprint density at radius 3 is 2.32 bits per heavy atom. The first kappa shape index (κ1) is 29.4. The zero-order valence-corrected chi connectivity index (χ0v) is 24.7. The zero-order chi connectivity index (χ0) is 30.1. The van der Waals surface area contributed by atoms with Crippen LogP contribution in [0.1, 0.15) is 40.4 Å². The van der Waals surface area contributed by atoms with Crippen LogP contribution in [0.15, 0.2) is 110 Å². The van der Waals surface area contributed by atoms with Crippen LogP contribution in [0, 0.1) is 0 Å². The Morgan fingerprint density at radius 1 is 0.909 bits per heavy atom. The van der Waals surface area contributed by atoms with E-state index in [9.17, 15) is 9.90 Å². The van der Waals surface area contributed by atoms with Crippen LogP contribution in [0.3, 0.4) is 0 Å². The number of carbonyl (C=O) groups is 1. The van der Waals surface area contributed by atoms with E-state index in [4.69, 9.17) is 9.47 Å². The van der Waals surface area contributed by atoms with Gasteiger partial charge >= 0.3 is 0 Å². The molecule has 2 heterocycles. The lowest BCUT2D eigenvalue weighted by molar-refractivity contribution is -0.0267. The number of piperidine rings is 1. The third kappa shape index (κ3) is 7.45. The van der Waals surface area contributed by atoms with Crippen LogP contribution in [0.25, 0.3) is 10.8 Å². The van der Waals surface area contributed by atoms with Crippen molar-refractivity contribution in [2.45, 2.75) is 31.6 Å². The molecule has 6 rings (SSSR count). The van der Waals surface area contributed by atoms with Gasteiger partial charge in [-0.3, -0.25) is 4.79 Å². The summed E-state index contributed by atoms with van der Waals surface area (Å²) >= 11 is 0. The Morgan fingerprint density at radius 2 is 1.64 bits per heavy atom. The molecule has 0 aliphatic carbocycles. The number of amides is 1. The van der Waals surface area contributed by atoms with Gasteiger partial charge in [0.15, 0.2) is 11.5 Å². The smallest absolute Gasteiger partial charge is 0.251 e. The average molecular weight is 591 g/mol. The quantitative estimate of drug-likeness (QED) is 0.190. The molecule has 1 saturated heterocycles. The number of hydrogen-bond donors (Lipinski definition) is 2. The Balaban J connectivity index is 0.981. The largest absolute Gasteiger partial charge is 0.504 e. The minimum absolute atomic E-state index is 0.0742. The first-order chi connectivity index (χ1) is 21.6. The van der Waals surface area contributed by atoms with E-state index in [0.29, 0.717) is 31.0 Å². The van der Waals surface area contributed by atoms with Crippen LogP contribution >= 0.6 is 0 Å². The highest BCUT2D eigenvalue weighted by Gasteiger charge is 2.24. The van der Waals surface area contributed by atoms with E-state index in [0.717, 1.165) is 43.2 Å². The number of benzene rings is 4. The van der Waals surface area contributed by atoms with Crippen LogP contribution < -0.4 is 10.1 Å². The normalized spacial score (nSPS) is 14.2. The first-order valence-corrected chi connectivity index (χ1v) is 15.2. The molecule has 0 saturated carbocycles. The summed E-state index contributed by atoms with van der Waals surface area (Å²) in [5, 5.41) is 15.2. The molecule has 226 valence electrons. The molecule has 0 unspecified atom stereocenters. The number of ether oxygens (including phenoxy) is 2. The fourth-order valence-electron chi connectivity index (χ4n) is 5.70. The maximum atomic E-state index is 13.0. The number of aromatic hydroxyl groups is 1. The molecule has 44 heavy (non-hydrogen) atoms. The average Bonchev–Trinajstić information content (AvgIpc) is 3.59. The number of nitrogens with zero attached hydrogens (tertiary/aromatic N) is 3. The molecule has 1 aliphatic heterocycles. The van der Waals surface area contributed by atoms with Crippen molar-refractivity contribution in [3.05, 3.63) is 126 Å². The summed E-state index contributed by atoms with van der Waals surface area (Å²) in [5.74, 6) is 0.348. The van der Waals surface area contributed by atoms with Gasteiger partial charge in [0.05, 0.1) is 19.0 Å². The van der Waals surface area contributed by atoms with E-state index >= 15 is 0 Å². The SMILES string of the molecule is O=C(NCCN1CCC(OC(c2ccccc2)c2ccccc2)CC1)c1ccc2cc(O)c(OCCn3ccnc3)cc2c1. The van der Waals surface area contributed by atoms with E-state index in [1.807, 2.05) is 35.0 Å². The molecular weight excluding hydrogens is 552 g/mol. The van der Waals surface area contributed by atoms with Gasteiger partial charge in [0.25, 0.3) is 5.91 Å². The van der Waals surface area contributed by atoms with Crippen molar-refractivity contribution in [1.82, 2.24) is 19.8 Å². The second kappa shape index (κ2) is 14.2. The Bertz CT molecular complexity index is 1600. The number of imidazole rings is 1. The van der Waals surface area contributed by atoms with Gasteiger partial charge in [-0.2, -0.15) is 0 Å². The molecule has 8 nitrogen and oxygen atoms in total. The standard InChI is InChI=1S/C36H38N4O4/c41-33-24-29-11-12-30(23-31(29)25-34(33)43-22-21-40-19-15-37-26-40)36(42)38-16-20-39-17-13-32(14-18-39)44-35(27-7-3-1-4-8-27)28-9-5-2-6-10-28/h1-12,15,19,23-26,32,35,41H,13-14,16-18,20-22H2,(H,38,42). The third-order valence-corrected chi connectivity index (χ3v) is 8.13. The number of rotatable bonds is 12. The van der Waals surface area contributed by atoms with Crippen LogP contribution in [0.4, 0.5) is 0 Å². The molecule has 4 aromatic carbocycles. The fourth-order valence-corrected chi connectivity index (χ4v) is 5.70. The van der Waals surface area contributed by atoms with Gasteiger partial charge < -0.3 is 29.4 Å². The van der Waals surface area contributed by atoms with Crippen molar-refractivity contribution >= 4 is 16.7 Å². The van der Waals surface area contributed by atoms with Crippen molar-refractivity contribution in [2.24, 2.45) is 0 Å². The third-order valence-electron chi connectivity index (χ3n) is 8.13. The summed E-state index contributed by atoms with van der Waals surface area (Å²) in [5.41, 5.74) is 2.92. The Labute approximate surface area is 257 Å².